The van der Waals surface area contributed by atoms with Gasteiger partial charge in [-0.1, -0.05) is 66.2 Å². The summed E-state index contributed by atoms with van der Waals surface area (Å²) in [4.78, 5) is 22.1. The molecule has 1 aromatic heterocycles. The van der Waals surface area contributed by atoms with E-state index < -0.39 is 28.8 Å². The van der Waals surface area contributed by atoms with Gasteiger partial charge in [0.25, 0.3) is 0 Å². The third kappa shape index (κ3) is 11.5. The Bertz CT molecular complexity index is 3090. The van der Waals surface area contributed by atoms with Gasteiger partial charge in [0, 0.05) is 108 Å². The summed E-state index contributed by atoms with van der Waals surface area (Å²) >= 11 is 8.01. The van der Waals surface area contributed by atoms with Crippen LogP contribution in [0, 0.1) is 12.8 Å². The molecule has 0 saturated carbocycles. The number of thioether (sulfide) groups is 1. The van der Waals surface area contributed by atoms with E-state index in [0.29, 0.717) is 45.4 Å². The summed E-state index contributed by atoms with van der Waals surface area (Å²) in [5.41, 5.74) is 6.97. The van der Waals surface area contributed by atoms with E-state index in [2.05, 4.69) is 62.7 Å². The van der Waals surface area contributed by atoms with Crippen LogP contribution in [0.25, 0.3) is 22.4 Å². The SMILES string of the molecule is Cc1c(C(=O)O)c(-c2cccc(N3CCN(c4ccc([C@H]5CCN(O)P5(=O)c5ccc(N[C@H](CCN6CCC(CO)CC6)CSc6ccccc6)c(S(C)(=O)=O)c5)cc4)CC3)c2)c(-c2ccc(Cl)cc2)n1C(C)C. The minimum absolute atomic E-state index is 0.0117. The van der Waals surface area contributed by atoms with Crippen molar-refractivity contribution in [3.8, 4) is 22.4 Å². The molecule has 0 radical (unpaired) electrons. The molecule has 4 N–H and O–H groups in total. The Morgan fingerprint density at radius 2 is 1.49 bits per heavy atom. The lowest BCUT2D eigenvalue weighted by Gasteiger charge is -2.37. The van der Waals surface area contributed by atoms with Gasteiger partial charge in [-0.25, -0.2) is 13.2 Å². The summed E-state index contributed by atoms with van der Waals surface area (Å²) in [7, 11) is -7.54. The summed E-state index contributed by atoms with van der Waals surface area (Å²) in [5, 5.41) is 36.1. The molecule has 3 aliphatic rings. The lowest BCUT2D eigenvalue weighted by atomic mass is 9.96. The van der Waals surface area contributed by atoms with Crippen molar-refractivity contribution in [1.82, 2.24) is 14.3 Å². The second-order valence-corrected chi connectivity index (χ2v) is 26.6. The van der Waals surface area contributed by atoms with Gasteiger partial charge in [0.1, 0.15) is 0 Å². The first-order valence-electron chi connectivity index (χ1n) is 25.7. The average molecular weight is 1080 g/mol. The first-order valence-corrected chi connectivity index (χ1v) is 30.6. The number of hydroxylamine groups is 1. The quantitative estimate of drug-likeness (QED) is 0.0476. The number of aliphatic hydroxyl groups is 1. The van der Waals surface area contributed by atoms with Crippen LogP contribution >= 0.6 is 30.7 Å². The first-order chi connectivity index (χ1) is 35.5. The van der Waals surface area contributed by atoms with Crippen molar-refractivity contribution in [1.29, 1.82) is 0 Å². The standard InChI is InChI=1S/C57H68ClN6O7PS2/c1-39(2)64-40(3)54(57(66)67)55(56(64)43-13-17-45(58)18-14-43)44-9-8-10-48(35-44)62-33-31-61(32-34-62)47-19-15-42(16-20-47)52-26-30-63(68)72(52,69)49-21-22-51(53(36-49)74(4,70)71)59-46(38-73-50-11-6-5-7-12-50)25-29-60-27-23-41(37-65)24-28-60/h5-22,35-36,39,41,46,52,59,65,68H,23-34,37-38H2,1-4H3,(H,66,67)/t46-,52-,72?/m1/s1. The van der Waals surface area contributed by atoms with Gasteiger partial charge in [0.05, 0.1) is 27.5 Å². The molecule has 6 aromatic rings. The number of piperidine rings is 1. The smallest absolute Gasteiger partial charge is 0.338 e. The number of nitrogens with one attached hydrogen (secondary N) is 1. The van der Waals surface area contributed by atoms with Crippen molar-refractivity contribution in [3.05, 3.63) is 143 Å². The van der Waals surface area contributed by atoms with Gasteiger partial charge in [0.15, 0.2) is 9.84 Å². The van der Waals surface area contributed by atoms with Gasteiger partial charge < -0.3 is 40.0 Å². The summed E-state index contributed by atoms with van der Waals surface area (Å²) in [6, 6.07) is 38.8. The molecule has 0 spiro atoms. The fraction of sp³-hybridized carbons (Fsp3) is 0.386. The monoisotopic (exact) mass is 1080 g/mol. The third-order valence-corrected chi connectivity index (χ3v) is 21.0. The van der Waals surface area contributed by atoms with Gasteiger partial charge in [-0.05, 0) is 149 Å². The van der Waals surface area contributed by atoms with Crippen molar-refractivity contribution in [2.75, 3.05) is 86.1 Å². The molecule has 4 heterocycles. The van der Waals surface area contributed by atoms with E-state index in [1.807, 2.05) is 85.8 Å². The zero-order chi connectivity index (χ0) is 52.3. The van der Waals surface area contributed by atoms with Crippen molar-refractivity contribution in [2.45, 2.75) is 74.0 Å². The number of likely N-dealkylation sites (tertiary alicyclic amines) is 1. The Kier molecular flexibility index (Phi) is 16.7. The second kappa shape index (κ2) is 23.0. The fourth-order valence-corrected chi connectivity index (χ4v) is 16.3. The summed E-state index contributed by atoms with van der Waals surface area (Å²) in [5.74, 6) is 0.0678. The molecule has 74 heavy (non-hydrogen) atoms. The molecule has 9 rings (SSSR count). The highest BCUT2D eigenvalue weighted by Gasteiger charge is 2.47. The topological polar surface area (TPSA) is 159 Å². The number of aliphatic hydroxyl groups excluding tert-OH is 1. The number of carbonyl (C=O) groups is 1. The molecular weight excluding hydrogens is 1010 g/mol. The number of aromatic nitrogens is 1. The van der Waals surface area contributed by atoms with Crippen LogP contribution in [0.1, 0.15) is 72.8 Å². The molecule has 3 saturated heterocycles. The highest BCUT2D eigenvalue weighted by molar-refractivity contribution is 7.99. The molecule has 3 fully saturated rings. The normalized spacial score (nSPS) is 19.6. The molecule has 5 aromatic carbocycles. The number of hydrogen-bond acceptors (Lipinski definition) is 11. The maximum absolute atomic E-state index is 15.3. The van der Waals surface area contributed by atoms with Crippen LogP contribution < -0.4 is 20.4 Å². The molecule has 0 aliphatic carbocycles. The van der Waals surface area contributed by atoms with Crippen LogP contribution in [0.5, 0.6) is 0 Å². The molecule has 0 bridgehead atoms. The van der Waals surface area contributed by atoms with Gasteiger partial charge >= 0.3 is 5.97 Å². The van der Waals surface area contributed by atoms with Crippen molar-refractivity contribution in [3.63, 3.8) is 0 Å². The number of hydrogen-bond donors (Lipinski definition) is 4. The molecule has 0 amide bonds. The van der Waals surface area contributed by atoms with E-state index in [-0.39, 0.29) is 35.7 Å². The van der Waals surface area contributed by atoms with Gasteiger partial charge in [-0.3, -0.25) is 4.57 Å². The Morgan fingerprint density at radius 3 is 2.12 bits per heavy atom. The van der Waals surface area contributed by atoms with E-state index >= 15 is 4.57 Å². The number of piperazine rings is 1. The lowest BCUT2D eigenvalue weighted by Crippen LogP contribution is -2.46. The predicted octanol–water partition coefficient (Wildman–Crippen LogP) is 11.2. The van der Waals surface area contributed by atoms with E-state index in [4.69, 9.17) is 11.6 Å². The third-order valence-electron chi connectivity index (χ3n) is 15.1. The zero-order valence-corrected chi connectivity index (χ0v) is 45.9. The van der Waals surface area contributed by atoms with Gasteiger partial charge in [-0.15, -0.1) is 16.6 Å². The number of rotatable bonds is 18. The van der Waals surface area contributed by atoms with Crippen LogP contribution in [0.3, 0.4) is 0 Å². The Labute approximate surface area is 445 Å². The molecule has 3 atom stereocenters. The number of anilines is 3. The number of aromatic carboxylic acids is 1. The van der Waals surface area contributed by atoms with Crippen LogP contribution in [0.15, 0.2) is 131 Å². The minimum Gasteiger partial charge on any atom is -0.478 e. The van der Waals surface area contributed by atoms with E-state index in [1.54, 1.807) is 23.9 Å². The number of sulfone groups is 1. The summed E-state index contributed by atoms with van der Waals surface area (Å²) in [6.07, 6.45) is 4.30. The van der Waals surface area contributed by atoms with Gasteiger partial charge in [0.2, 0.25) is 7.29 Å². The van der Waals surface area contributed by atoms with E-state index in [0.717, 1.165) is 109 Å². The van der Waals surface area contributed by atoms with Crippen molar-refractivity contribution >= 4 is 68.8 Å². The predicted molar refractivity (Wildman–Crippen MR) is 301 cm³/mol. The zero-order valence-electron chi connectivity index (χ0n) is 42.6. The van der Waals surface area contributed by atoms with Gasteiger partial charge in [-0.2, -0.15) is 0 Å². The maximum atomic E-state index is 15.3. The number of benzene rings is 5. The maximum Gasteiger partial charge on any atom is 0.338 e. The van der Waals surface area contributed by atoms with Crippen LogP contribution in [0.2, 0.25) is 5.02 Å². The summed E-state index contributed by atoms with van der Waals surface area (Å²) in [6.45, 7) is 12.0. The Balaban J connectivity index is 0.906. The van der Waals surface area contributed by atoms with Crippen molar-refractivity contribution < 1.29 is 33.2 Å². The number of nitrogens with zero attached hydrogens (tertiary/aromatic N) is 5. The average Bonchev–Trinajstić information content (AvgIpc) is 3.91. The Morgan fingerprint density at radius 1 is 0.811 bits per heavy atom. The molecule has 1 unspecified atom stereocenters. The molecule has 392 valence electrons. The fourth-order valence-electron chi connectivity index (χ4n) is 11.2. The number of halogens is 1. The van der Waals surface area contributed by atoms with Crippen LogP contribution in [0.4, 0.5) is 17.1 Å². The molecule has 13 nitrogen and oxygen atoms in total. The minimum atomic E-state index is -3.81. The first kappa shape index (κ1) is 53.7. The molecule has 3 aliphatic heterocycles. The second-order valence-electron chi connectivity index (χ2n) is 20.3. The summed E-state index contributed by atoms with van der Waals surface area (Å²) < 4.78 is 44.7. The van der Waals surface area contributed by atoms with Crippen LogP contribution in [-0.4, -0.2) is 121 Å². The highest BCUT2D eigenvalue weighted by atomic mass is 35.5. The van der Waals surface area contributed by atoms with E-state index in [9.17, 15) is 28.6 Å². The van der Waals surface area contributed by atoms with E-state index in [1.165, 1.54) is 12.3 Å². The lowest BCUT2D eigenvalue weighted by molar-refractivity contribution is 0.0117. The highest BCUT2D eigenvalue weighted by Crippen LogP contribution is 2.66. The van der Waals surface area contributed by atoms with Crippen LogP contribution in [-0.2, 0) is 14.4 Å². The molecule has 17 heteroatoms. The molecular formula is C57H68ClN6O7PS2. The number of carboxylic acids is 1. The number of carboxylic acid groups (broad SMARTS) is 1. The van der Waals surface area contributed by atoms with Crippen molar-refractivity contribution in [2.24, 2.45) is 5.92 Å². The Hall–Kier alpha value is -5.09. The largest absolute Gasteiger partial charge is 0.478 e.